The van der Waals surface area contributed by atoms with Gasteiger partial charge in [-0.3, -0.25) is 14.5 Å². The molecule has 6 heteroatoms. The number of hydrogen-bond donors (Lipinski definition) is 1. The van der Waals surface area contributed by atoms with Crippen LogP contribution in [0.15, 0.2) is 90.4 Å². The van der Waals surface area contributed by atoms with Crippen LogP contribution in [0.25, 0.3) is 11.3 Å². The van der Waals surface area contributed by atoms with Crippen LogP contribution >= 0.6 is 0 Å². The van der Waals surface area contributed by atoms with E-state index in [0.29, 0.717) is 12.1 Å². The molecule has 0 fully saturated rings. The number of carbonyl (C=O) groups is 1. The molecule has 2 heterocycles. The van der Waals surface area contributed by atoms with E-state index in [1.807, 2.05) is 29.1 Å². The first-order valence-electron chi connectivity index (χ1n) is 10.2. The van der Waals surface area contributed by atoms with Gasteiger partial charge < -0.3 is 0 Å². The lowest BCUT2D eigenvalue weighted by Crippen LogP contribution is -2.17. The molecular weight excluding hydrogens is 386 g/mol. The third-order valence-corrected chi connectivity index (χ3v) is 4.91. The molecular formula is C25H23N5O. The van der Waals surface area contributed by atoms with Gasteiger partial charge in [-0.15, -0.1) is 0 Å². The molecule has 0 bridgehead atoms. The molecule has 154 valence electrons. The van der Waals surface area contributed by atoms with Gasteiger partial charge in [-0.25, -0.2) is 5.43 Å². The summed E-state index contributed by atoms with van der Waals surface area (Å²) in [6.45, 7) is 2.78. The predicted molar refractivity (Wildman–Crippen MR) is 122 cm³/mol. The molecule has 0 aliphatic heterocycles. The Bertz CT molecular complexity index is 1170. The zero-order valence-electron chi connectivity index (χ0n) is 17.3. The van der Waals surface area contributed by atoms with E-state index in [4.69, 9.17) is 5.10 Å². The van der Waals surface area contributed by atoms with Crippen molar-refractivity contribution in [3.05, 3.63) is 108 Å². The number of carbonyl (C=O) groups excluding carboxylic acids is 1. The maximum absolute atomic E-state index is 12.2. The Labute approximate surface area is 181 Å². The van der Waals surface area contributed by atoms with Gasteiger partial charge in [0.2, 0.25) is 0 Å². The second-order valence-corrected chi connectivity index (χ2v) is 7.11. The Morgan fingerprint density at radius 2 is 1.84 bits per heavy atom. The van der Waals surface area contributed by atoms with Gasteiger partial charge in [-0.2, -0.15) is 10.2 Å². The smallest absolute Gasteiger partial charge is 0.267 e. The molecule has 0 atom stereocenters. The molecule has 1 amide bonds. The highest BCUT2D eigenvalue weighted by Gasteiger charge is 2.11. The fraction of sp³-hybridized carbons (Fsp3) is 0.120. The van der Waals surface area contributed by atoms with Gasteiger partial charge in [0.05, 0.1) is 18.3 Å². The summed E-state index contributed by atoms with van der Waals surface area (Å²) in [6.07, 6.45) is 7.68. The van der Waals surface area contributed by atoms with Crippen molar-refractivity contribution in [3.8, 4) is 11.3 Å². The monoisotopic (exact) mass is 409 g/mol. The van der Waals surface area contributed by atoms with E-state index in [2.05, 4.69) is 58.8 Å². The van der Waals surface area contributed by atoms with Crippen LogP contribution in [0, 0.1) is 0 Å². The molecule has 0 aliphatic rings. The highest BCUT2D eigenvalue weighted by Crippen LogP contribution is 2.22. The molecule has 0 aliphatic carbocycles. The number of amides is 1. The average molecular weight is 409 g/mol. The van der Waals surface area contributed by atoms with E-state index < -0.39 is 0 Å². The third kappa shape index (κ3) is 5.11. The van der Waals surface area contributed by atoms with Crippen LogP contribution < -0.4 is 5.43 Å². The summed E-state index contributed by atoms with van der Waals surface area (Å²) in [7, 11) is 0. The number of aryl methyl sites for hydroxylation is 1. The summed E-state index contributed by atoms with van der Waals surface area (Å²) in [5, 5.41) is 8.94. The van der Waals surface area contributed by atoms with Crippen LogP contribution in [0.3, 0.4) is 0 Å². The number of pyridine rings is 1. The van der Waals surface area contributed by atoms with Crippen LogP contribution in [0.1, 0.15) is 34.0 Å². The quantitative estimate of drug-likeness (QED) is 0.365. The number of nitrogens with one attached hydrogen (secondary N) is 1. The van der Waals surface area contributed by atoms with Gasteiger partial charge in [0, 0.05) is 29.7 Å². The lowest BCUT2D eigenvalue weighted by atomic mass is 10.1. The Morgan fingerprint density at radius 3 is 2.55 bits per heavy atom. The van der Waals surface area contributed by atoms with Crippen molar-refractivity contribution in [1.29, 1.82) is 0 Å². The topological polar surface area (TPSA) is 72.2 Å². The van der Waals surface area contributed by atoms with Crippen LogP contribution in [-0.4, -0.2) is 26.9 Å². The van der Waals surface area contributed by atoms with Crippen LogP contribution in [0.5, 0.6) is 0 Å². The molecule has 0 saturated heterocycles. The van der Waals surface area contributed by atoms with E-state index in [-0.39, 0.29) is 5.91 Å². The maximum Gasteiger partial charge on any atom is 0.272 e. The molecule has 0 spiro atoms. The molecule has 1 N–H and O–H groups in total. The van der Waals surface area contributed by atoms with Gasteiger partial charge >= 0.3 is 0 Å². The largest absolute Gasteiger partial charge is 0.272 e. The number of aromatic nitrogens is 3. The van der Waals surface area contributed by atoms with Crippen LogP contribution in [-0.2, 0) is 13.0 Å². The van der Waals surface area contributed by atoms with Crippen LogP contribution in [0.2, 0.25) is 0 Å². The first kappa shape index (κ1) is 20.2. The summed E-state index contributed by atoms with van der Waals surface area (Å²) >= 11 is 0. The van der Waals surface area contributed by atoms with Crippen molar-refractivity contribution in [2.75, 3.05) is 0 Å². The van der Waals surface area contributed by atoms with E-state index in [0.717, 1.165) is 28.8 Å². The van der Waals surface area contributed by atoms with Crippen molar-refractivity contribution in [2.24, 2.45) is 5.10 Å². The first-order valence-corrected chi connectivity index (χ1v) is 10.2. The van der Waals surface area contributed by atoms with Gasteiger partial charge in [0.1, 0.15) is 5.69 Å². The molecule has 0 unspecified atom stereocenters. The number of nitrogens with zero attached hydrogens (tertiary/aromatic N) is 4. The molecule has 4 aromatic rings. The van der Waals surface area contributed by atoms with E-state index >= 15 is 0 Å². The molecule has 6 nitrogen and oxygen atoms in total. The number of benzene rings is 2. The summed E-state index contributed by atoms with van der Waals surface area (Å²) < 4.78 is 1.89. The van der Waals surface area contributed by atoms with E-state index in [1.165, 1.54) is 11.8 Å². The minimum Gasteiger partial charge on any atom is -0.267 e. The van der Waals surface area contributed by atoms with Crippen molar-refractivity contribution in [2.45, 2.75) is 19.9 Å². The van der Waals surface area contributed by atoms with Crippen molar-refractivity contribution < 1.29 is 4.79 Å². The predicted octanol–water partition coefficient (Wildman–Crippen LogP) is 4.32. The first-order chi connectivity index (χ1) is 15.2. The minimum atomic E-state index is -0.310. The van der Waals surface area contributed by atoms with Gasteiger partial charge in [0.25, 0.3) is 5.91 Å². The summed E-state index contributed by atoms with van der Waals surface area (Å²) in [6, 6.07) is 21.9. The molecule has 2 aromatic heterocycles. The molecule has 31 heavy (non-hydrogen) atoms. The number of rotatable bonds is 7. The van der Waals surface area contributed by atoms with Gasteiger partial charge in [-0.05, 0) is 29.7 Å². The highest BCUT2D eigenvalue weighted by molar-refractivity contribution is 5.95. The van der Waals surface area contributed by atoms with E-state index in [1.54, 1.807) is 24.5 Å². The second-order valence-electron chi connectivity index (χ2n) is 7.11. The second kappa shape index (κ2) is 9.63. The number of hydrogen-bond acceptors (Lipinski definition) is 4. The lowest BCUT2D eigenvalue weighted by molar-refractivity contribution is 0.0955. The normalized spacial score (nSPS) is 11.0. The fourth-order valence-electron chi connectivity index (χ4n) is 3.23. The van der Waals surface area contributed by atoms with Crippen LogP contribution in [0.4, 0.5) is 0 Å². The van der Waals surface area contributed by atoms with Crippen molar-refractivity contribution in [3.63, 3.8) is 0 Å². The third-order valence-electron chi connectivity index (χ3n) is 4.91. The zero-order chi connectivity index (χ0) is 21.5. The average Bonchev–Trinajstić information content (AvgIpc) is 3.22. The molecule has 2 aromatic carbocycles. The summed E-state index contributed by atoms with van der Waals surface area (Å²) in [5.74, 6) is -0.310. The zero-order valence-corrected chi connectivity index (χ0v) is 17.3. The SMILES string of the molecule is CCc1ccc(-c2nn(Cc3ccccc3)cc2/C=N\NC(=O)c2cccnc2)cc1. The number of hydrazone groups is 1. The summed E-state index contributed by atoms with van der Waals surface area (Å²) in [5.41, 5.74) is 8.09. The Balaban J connectivity index is 1.59. The Morgan fingerprint density at radius 1 is 1.03 bits per heavy atom. The Hall–Kier alpha value is -4.06. The van der Waals surface area contributed by atoms with Crippen molar-refractivity contribution >= 4 is 12.1 Å². The molecule has 0 radical (unpaired) electrons. The highest BCUT2D eigenvalue weighted by atomic mass is 16.2. The van der Waals surface area contributed by atoms with Crippen molar-refractivity contribution in [1.82, 2.24) is 20.2 Å². The summed E-state index contributed by atoms with van der Waals surface area (Å²) in [4.78, 5) is 16.2. The maximum atomic E-state index is 12.2. The Kier molecular flexibility index (Phi) is 6.28. The minimum absolute atomic E-state index is 0.310. The standard InChI is InChI=1S/C25H23N5O/c1-2-19-10-12-21(13-11-19)24-23(16-27-28-25(31)22-9-6-14-26-15-22)18-30(29-24)17-20-7-4-3-5-8-20/h3-16,18H,2,17H2,1H3,(H,28,31)/b27-16-. The molecule has 0 saturated carbocycles. The molecule has 4 rings (SSSR count). The lowest BCUT2D eigenvalue weighted by Gasteiger charge is -2.02. The van der Waals surface area contributed by atoms with Gasteiger partial charge in [0.15, 0.2) is 0 Å². The fourth-order valence-corrected chi connectivity index (χ4v) is 3.23. The van der Waals surface area contributed by atoms with E-state index in [9.17, 15) is 4.79 Å². The van der Waals surface area contributed by atoms with Gasteiger partial charge in [-0.1, -0.05) is 61.5 Å².